The molecular formula is C22H23F15O. The van der Waals surface area contributed by atoms with Crippen molar-refractivity contribution in [3.8, 4) is 5.75 Å². The Labute approximate surface area is 207 Å². The summed E-state index contributed by atoms with van der Waals surface area (Å²) in [4.78, 5) is 0. The summed E-state index contributed by atoms with van der Waals surface area (Å²) in [6.07, 6.45) is -7.64. The van der Waals surface area contributed by atoms with Gasteiger partial charge in [0.1, 0.15) is 5.75 Å². The molecule has 0 atom stereocenters. The maximum absolute atomic E-state index is 14.2. The summed E-state index contributed by atoms with van der Waals surface area (Å²) in [5.74, 6) is -47.5. The van der Waals surface area contributed by atoms with Gasteiger partial charge in [0, 0.05) is 0 Å². The van der Waals surface area contributed by atoms with Crippen molar-refractivity contribution in [2.75, 3.05) is 6.61 Å². The molecule has 0 spiro atoms. The molecule has 0 bridgehead atoms. The second-order valence-corrected chi connectivity index (χ2v) is 10.6. The van der Waals surface area contributed by atoms with Gasteiger partial charge >= 0.3 is 41.7 Å². The van der Waals surface area contributed by atoms with E-state index in [4.69, 9.17) is 0 Å². The second-order valence-electron chi connectivity index (χ2n) is 10.6. The van der Waals surface area contributed by atoms with Crippen LogP contribution in [0.25, 0.3) is 0 Å². The van der Waals surface area contributed by atoms with Crippen molar-refractivity contribution >= 4 is 0 Å². The zero-order valence-corrected chi connectivity index (χ0v) is 20.5. The molecule has 222 valence electrons. The van der Waals surface area contributed by atoms with Crippen LogP contribution < -0.4 is 4.74 Å². The molecule has 0 aromatic heterocycles. The van der Waals surface area contributed by atoms with E-state index in [2.05, 4.69) is 4.74 Å². The highest BCUT2D eigenvalue weighted by atomic mass is 19.4. The summed E-state index contributed by atoms with van der Waals surface area (Å²) < 4.78 is 205. The molecule has 0 saturated heterocycles. The average molecular weight is 588 g/mol. The largest absolute Gasteiger partial charge is 0.487 e. The zero-order chi connectivity index (χ0) is 30.8. The van der Waals surface area contributed by atoms with Gasteiger partial charge in [0.15, 0.2) is 6.61 Å². The summed E-state index contributed by atoms with van der Waals surface area (Å²) >= 11 is 0. The van der Waals surface area contributed by atoms with E-state index in [0.29, 0.717) is 5.56 Å². The summed E-state index contributed by atoms with van der Waals surface area (Å²) in [7, 11) is 0. The van der Waals surface area contributed by atoms with Crippen molar-refractivity contribution < 1.29 is 70.6 Å². The first-order valence-corrected chi connectivity index (χ1v) is 10.4. The minimum atomic E-state index is -8.32. The quantitative estimate of drug-likeness (QED) is 0.276. The van der Waals surface area contributed by atoms with Crippen LogP contribution in [0.2, 0.25) is 0 Å². The van der Waals surface area contributed by atoms with Crippen molar-refractivity contribution in [3.63, 3.8) is 0 Å². The monoisotopic (exact) mass is 588 g/mol. The fourth-order valence-corrected chi connectivity index (χ4v) is 2.97. The van der Waals surface area contributed by atoms with Crippen LogP contribution in [0.4, 0.5) is 65.9 Å². The van der Waals surface area contributed by atoms with Gasteiger partial charge in [-0.05, 0) is 28.0 Å². The number of benzene rings is 1. The van der Waals surface area contributed by atoms with E-state index < -0.39 is 64.9 Å². The Morgan fingerprint density at radius 1 is 0.526 bits per heavy atom. The summed E-state index contributed by atoms with van der Waals surface area (Å²) in [6.45, 7) is 6.79. The lowest BCUT2D eigenvalue weighted by Gasteiger charge is -2.41. The topological polar surface area (TPSA) is 9.23 Å². The maximum Gasteiger partial charge on any atom is 0.460 e. The zero-order valence-electron chi connectivity index (χ0n) is 20.5. The van der Waals surface area contributed by atoms with Gasteiger partial charge in [-0.15, -0.1) is 0 Å². The molecule has 16 heteroatoms. The first-order valence-electron chi connectivity index (χ1n) is 10.4. The molecule has 0 saturated carbocycles. The van der Waals surface area contributed by atoms with E-state index >= 15 is 0 Å². The third kappa shape index (κ3) is 5.36. The molecule has 0 aliphatic heterocycles. The Balaban J connectivity index is 3.51. The van der Waals surface area contributed by atoms with E-state index in [1.165, 1.54) is 32.9 Å². The van der Waals surface area contributed by atoms with E-state index in [9.17, 15) is 65.9 Å². The van der Waals surface area contributed by atoms with Crippen molar-refractivity contribution in [3.05, 3.63) is 29.3 Å². The Hall–Kier alpha value is -2.03. The molecule has 0 radical (unpaired) electrons. The standard InChI is InChI=1S/C22H23F15O/c1-14(2,3)11-7-8-13(12(9-11)15(4,5)6)38-10-16(23,24)17(25,26)18(27,28)19(29,30)20(31,32)21(33,34)22(35,36)37/h7-9H,10H2,1-6H3. The molecule has 0 aliphatic rings. The van der Waals surface area contributed by atoms with Crippen LogP contribution in [0.5, 0.6) is 5.75 Å². The van der Waals surface area contributed by atoms with Crippen molar-refractivity contribution in [2.24, 2.45) is 0 Å². The highest BCUT2D eigenvalue weighted by molar-refractivity contribution is 5.43. The van der Waals surface area contributed by atoms with Gasteiger partial charge in [-0.25, -0.2) is 0 Å². The van der Waals surface area contributed by atoms with Gasteiger partial charge in [0.25, 0.3) is 0 Å². The number of alkyl halides is 15. The Kier molecular flexibility index (Phi) is 8.30. The molecule has 38 heavy (non-hydrogen) atoms. The average Bonchev–Trinajstić information content (AvgIpc) is 2.69. The predicted octanol–water partition coefficient (Wildman–Crippen LogP) is 9.03. The van der Waals surface area contributed by atoms with Crippen LogP contribution >= 0.6 is 0 Å². The second kappa shape index (κ2) is 9.27. The molecule has 1 rings (SSSR count). The Morgan fingerprint density at radius 2 is 0.921 bits per heavy atom. The first kappa shape index (κ1) is 34.0. The van der Waals surface area contributed by atoms with Crippen molar-refractivity contribution in [1.82, 2.24) is 0 Å². The van der Waals surface area contributed by atoms with Crippen LogP contribution in [0, 0.1) is 0 Å². The number of ether oxygens (including phenoxy) is 1. The highest BCUT2D eigenvalue weighted by Crippen LogP contribution is 2.62. The fraction of sp³-hybridized carbons (Fsp3) is 0.727. The molecular weight excluding hydrogens is 565 g/mol. The normalized spacial score (nSPS) is 15.6. The van der Waals surface area contributed by atoms with Crippen molar-refractivity contribution in [2.45, 2.75) is 94.1 Å². The minimum Gasteiger partial charge on any atom is -0.487 e. The third-order valence-electron chi connectivity index (χ3n) is 5.46. The van der Waals surface area contributed by atoms with Gasteiger partial charge in [0.2, 0.25) is 0 Å². The Morgan fingerprint density at radius 3 is 1.29 bits per heavy atom. The lowest BCUT2D eigenvalue weighted by atomic mass is 9.80. The van der Waals surface area contributed by atoms with Crippen LogP contribution in [0.15, 0.2) is 18.2 Å². The molecule has 0 N–H and O–H groups in total. The number of rotatable bonds is 8. The van der Waals surface area contributed by atoms with E-state index in [1.807, 2.05) is 0 Å². The molecule has 1 aromatic carbocycles. The SMILES string of the molecule is CC(C)(C)c1ccc(OCC(F)(F)C(F)(F)C(F)(F)C(F)(F)C(F)(F)C(F)(F)C(F)(F)F)c(C(C)(C)C)c1. The van der Waals surface area contributed by atoms with Crippen molar-refractivity contribution in [1.29, 1.82) is 0 Å². The predicted molar refractivity (Wildman–Crippen MR) is 105 cm³/mol. The smallest absolute Gasteiger partial charge is 0.460 e. The lowest BCUT2D eigenvalue weighted by Crippen LogP contribution is -2.73. The van der Waals surface area contributed by atoms with Crippen LogP contribution in [0.3, 0.4) is 0 Å². The van der Waals surface area contributed by atoms with Gasteiger partial charge in [-0.1, -0.05) is 53.7 Å². The fourth-order valence-electron chi connectivity index (χ4n) is 2.97. The van der Waals surface area contributed by atoms with Crippen LogP contribution in [-0.4, -0.2) is 48.3 Å². The summed E-state index contributed by atoms with van der Waals surface area (Å²) in [5, 5.41) is 0. The molecule has 0 amide bonds. The summed E-state index contributed by atoms with van der Waals surface area (Å²) in [6, 6.07) is 3.61. The van der Waals surface area contributed by atoms with Gasteiger partial charge in [-0.3, -0.25) is 0 Å². The van der Waals surface area contributed by atoms with Gasteiger partial charge < -0.3 is 4.74 Å². The van der Waals surface area contributed by atoms with Crippen LogP contribution in [0.1, 0.15) is 52.7 Å². The maximum atomic E-state index is 14.2. The van der Waals surface area contributed by atoms with Crippen LogP contribution in [-0.2, 0) is 10.8 Å². The number of halogens is 15. The molecule has 1 aromatic rings. The van der Waals surface area contributed by atoms with Gasteiger partial charge in [0.05, 0.1) is 0 Å². The molecule has 0 fully saturated rings. The summed E-state index contributed by atoms with van der Waals surface area (Å²) in [5.41, 5.74) is -0.924. The Bertz CT molecular complexity index is 995. The van der Waals surface area contributed by atoms with E-state index in [0.717, 1.165) is 6.07 Å². The molecule has 0 heterocycles. The number of hydrogen-bond donors (Lipinski definition) is 0. The molecule has 0 unspecified atom stereocenters. The van der Waals surface area contributed by atoms with Gasteiger partial charge in [-0.2, -0.15) is 65.9 Å². The molecule has 0 aliphatic carbocycles. The molecule has 1 nitrogen and oxygen atoms in total. The van der Waals surface area contributed by atoms with E-state index in [-0.39, 0.29) is 5.56 Å². The highest BCUT2D eigenvalue weighted by Gasteiger charge is 2.93. The van der Waals surface area contributed by atoms with E-state index in [1.54, 1.807) is 20.8 Å². The lowest BCUT2D eigenvalue weighted by molar-refractivity contribution is -0.453. The minimum absolute atomic E-state index is 0.0393. The third-order valence-corrected chi connectivity index (χ3v) is 5.46. The number of hydrogen-bond acceptors (Lipinski definition) is 1. The first-order chi connectivity index (χ1) is 16.3.